The second kappa shape index (κ2) is 5.52. The van der Waals surface area contributed by atoms with Gasteiger partial charge in [-0.25, -0.2) is 4.39 Å². The molecule has 1 aliphatic rings. The van der Waals surface area contributed by atoms with Gasteiger partial charge in [0.05, 0.1) is 10.8 Å². The second-order valence-electron chi connectivity index (χ2n) is 4.09. The van der Waals surface area contributed by atoms with Gasteiger partial charge in [0.15, 0.2) is 18.2 Å². The van der Waals surface area contributed by atoms with Gasteiger partial charge in [0.25, 0.3) is 0 Å². The fourth-order valence-corrected chi connectivity index (χ4v) is 2.99. The minimum Gasteiger partial charge on any atom is -0.458 e. The predicted octanol–water partition coefficient (Wildman–Crippen LogP) is 1.86. The lowest BCUT2D eigenvalue weighted by Gasteiger charge is -2.21. The van der Waals surface area contributed by atoms with E-state index in [0.29, 0.717) is 0 Å². The molecule has 100 valence electrons. The van der Waals surface area contributed by atoms with Crippen molar-refractivity contribution < 1.29 is 23.5 Å². The quantitative estimate of drug-likeness (QED) is 0.625. The molecule has 1 aliphatic heterocycles. The highest BCUT2D eigenvalue weighted by Crippen LogP contribution is 2.35. The zero-order chi connectivity index (χ0) is 14.0. The number of Topliss-reactive ketones (excluding diaryl/α,β-unsaturated/α-hetero) is 2. The third-order valence-corrected chi connectivity index (χ3v) is 3.95. The number of carbonyl (C=O) groups is 3. The van der Waals surface area contributed by atoms with Crippen molar-refractivity contribution in [1.29, 1.82) is 0 Å². The van der Waals surface area contributed by atoms with E-state index in [-0.39, 0.29) is 16.2 Å². The van der Waals surface area contributed by atoms with Crippen LogP contribution < -0.4 is 0 Å². The minimum absolute atomic E-state index is 0.173. The van der Waals surface area contributed by atoms with E-state index >= 15 is 0 Å². The number of thioether (sulfide) groups is 1. The summed E-state index contributed by atoms with van der Waals surface area (Å²) in [6.45, 7) is 0.770. The maximum Gasteiger partial charge on any atom is 0.303 e. The molecular formula is C13H11FO4S. The zero-order valence-corrected chi connectivity index (χ0v) is 11.0. The Morgan fingerprint density at radius 3 is 2.89 bits per heavy atom. The topological polar surface area (TPSA) is 60.4 Å². The Bertz CT molecular complexity index is 556. The van der Waals surface area contributed by atoms with Crippen LogP contribution in [0.5, 0.6) is 0 Å². The Labute approximate surface area is 113 Å². The van der Waals surface area contributed by atoms with Crippen LogP contribution >= 0.6 is 11.8 Å². The standard InChI is InChI=1S/C13H11FO4S/c1-7(15)18-5-11(16)9-6-19-13-8(12(9)17)3-2-4-10(13)14/h2-4,9H,5-6H2,1H3. The summed E-state index contributed by atoms with van der Waals surface area (Å²) >= 11 is 1.13. The van der Waals surface area contributed by atoms with Gasteiger partial charge in [0, 0.05) is 18.2 Å². The molecule has 1 aromatic rings. The Kier molecular flexibility index (Phi) is 3.99. The van der Waals surface area contributed by atoms with Crippen molar-refractivity contribution in [1.82, 2.24) is 0 Å². The highest BCUT2D eigenvalue weighted by Gasteiger charge is 2.34. The molecule has 0 radical (unpaired) electrons. The van der Waals surface area contributed by atoms with Crippen LogP contribution in [0.15, 0.2) is 23.1 Å². The number of carbonyl (C=O) groups excluding carboxylic acids is 3. The van der Waals surface area contributed by atoms with E-state index in [1.165, 1.54) is 25.1 Å². The van der Waals surface area contributed by atoms with E-state index < -0.39 is 35.9 Å². The monoisotopic (exact) mass is 282 g/mol. The summed E-state index contributed by atoms with van der Waals surface area (Å²) in [7, 11) is 0. The van der Waals surface area contributed by atoms with Crippen LogP contribution in [0, 0.1) is 11.7 Å². The van der Waals surface area contributed by atoms with Crippen LogP contribution in [0.2, 0.25) is 0 Å². The summed E-state index contributed by atoms with van der Waals surface area (Å²) in [6, 6.07) is 4.21. The molecule has 0 saturated heterocycles. The van der Waals surface area contributed by atoms with Gasteiger partial charge in [-0.1, -0.05) is 12.1 Å². The lowest BCUT2D eigenvalue weighted by molar-refractivity contribution is -0.146. The van der Waals surface area contributed by atoms with Crippen LogP contribution in [0.4, 0.5) is 4.39 Å². The number of halogens is 1. The van der Waals surface area contributed by atoms with Gasteiger partial charge < -0.3 is 4.74 Å². The molecule has 0 aromatic heterocycles. The van der Waals surface area contributed by atoms with Crippen molar-refractivity contribution in [3.63, 3.8) is 0 Å². The van der Waals surface area contributed by atoms with Crippen molar-refractivity contribution in [2.24, 2.45) is 5.92 Å². The molecule has 0 amide bonds. The highest BCUT2D eigenvalue weighted by molar-refractivity contribution is 7.99. The largest absolute Gasteiger partial charge is 0.458 e. The third-order valence-electron chi connectivity index (χ3n) is 2.75. The number of esters is 1. The average molecular weight is 282 g/mol. The first kappa shape index (κ1) is 13.7. The molecule has 0 saturated carbocycles. The molecule has 6 heteroatoms. The van der Waals surface area contributed by atoms with Crippen molar-refractivity contribution in [2.45, 2.75) is 11.8 Å². The predicted molar refractivity (Wildman–Crippen MR) is 66.6 cm³/mol. The lowest BCUT2D eigenvalue weighted by atomic mass is 9.95. The van der Waals surface area contributed by atoms with Gasteiger partial charge in [-0.15, -0.1) is 11.8 Å². The van der Waals surface area contributed by atoms with Crippen molar-refractivity contribution in [3.8, 4) is 0 Å². The molecule has 0 fully saturated rings. The summed E-state index contributed by atoms with van der Waals surface area (Å²) < 4.78 is 18.1. The summed E-state index contributed by atoms with van der Waals surface area (Å²) in [5.74, 6) is -2.60. The van der Waals surface area contributed by atoms with Crippen molar-refractivity contribution in [2.75, 3.05) is 12.4 Å². The van der Waals surface area contributed by atoms with E-state index in [9.17, 15) is 18.8 Å². The Hall–Kier alpha value is -1.69. The molecule has 1 unspecified atom stereocenters. The smallest absolute Gasteiger partial charge is 0.303 e. The molecule has 0 spiro atoms. The van der Waals surface area contributed by atoms with E-state index in [1.807, 2.05) is 0 Å². The van der Waals surface area contributed by atoms with E-state index in [0.717, 1.165) is 11.8 Å². The maximum absolute atomic E-state index is 13.5. The zero-order valence-electron chi connectivity index (χ0n) is 10.1. The normalized spacial score (nSPS) is 17.8. The molecule has 1 heterocycles. The summed E-state index contributed by atoms with van der Waals surface area (Å²) in [5.41, 5.74) is 0.220. The van der Waals surface area contributed by atoms with Gasteiger partial charge in [0.1, 0.15) is 5.82 Å². The molecule has 0 N–H and O–H groups in total. The Balaban J connectivity index is 2.17. The first-order valence-corrected chi connectivity index (χ1v) is 6.61. The van der Waals surface area contributed by atoms with Gasteiger partial charge in [-0.2, -0.15) is 0 Å². The van der Waals surface area contributed by atoms with Gasteiger partial charge in [-0.05, 0) is 6.07 Å². The second-order valence-corrected chi connectivity index (χ2v) is 5.12. The number of ether oxygens (including phenoxy) is 1. The number of hydrogen-bond donors (Lipinski definition) is 0. The number of benzene rings is 1. The molecular weight excluding hydrogens is 271 g/mol. The van der Waals surface area contributed by atoms with Crippen LogP contribution in [0.1, 0.15) is 17.3 Å². The molecule has 4 nitrogen and oxygen atoms in total. The molecule has 1 atom stereocenters. The highest BCUT2D eigenvalue weighted by atomic mass is 32.2. The summed E-state index contributed by atoms with van der Waals surface area (Å²) in [4.78, 5) is 34.8. The summed E-state index contributed by atoms with van der Waals surface area (Å²) in [6.07, 6.45) is 0. The van der Waals surface area contributed by atoms with Crippen LogP contribution in [-0.4, -0.2) is 29.9 Å². The van der Waals surface area contributed by atoms with E-state index in [2.05, 4.69) is 4.74 Å². The summed E-state index contributed by atoms with van der Waals surface area (Å²) in [5, 5.41) is 0. The van der Waals surface area contributed by atoms with Crippen LogP contribution in [-0.2, 0) is 14.3 Å². The number of ketones is 2. The maximum atomic E-state index is 13.5. The third kappa shape index (κ3) is 2.84. The van der Waals surface area contributed by atoms with Crippen molar-refractivity contribution in [3.05, 3.63) is 29.6 Å². The Morgan fingerprint density at radius 1 is 1.47 bits per heavy atom. The first-order chi connectivity index (χ1) is 9.00. The first-order valence-electron chi connectivity index (χ1n) is 5.62. The van der Waals surface area contributed by atoms with Crippen LogP contribution in [0.25, 0.3) is 0 Å². The van der Waals surface area contributed by atoms with E-state index in [4.69, 9.17) is 0 Å². The average Bonchev–Trinajstić information content (AvgIpc) is 2.37. The lowest BCUT2D eigenvalue weighted by Crippen LogP contribution is -2.33. The molecule has 19 heavy (non-hydrogen) atoms. The SMILES string of the molecule is CC(=O)OCC(=O)C1CSc2c(F)cccc2C1=O. The molecule has 0 bridgehead atoms. The number of fused-ring (bicyclic) bond motifs is 1. The number of rotatable bonds is 3. The van der Waals surface area contributed by atoms with Crippen molar-refractivity contribution >= 4 is 29.3 Å². The van der Waals surface area contributed by atoms with Gasteiger partial charge in [0.2, 0.25) is 0 Å². The fourth-order valence-electron chi connectivity index (χ4n) is 1.79. The Morgan fingerprint density at radius 2 is 2.21 bits per heavy atom. The van der Waals surface area contributed by atoms with Crippen LogP contribution in [0.3, 0.4) is 0 Å². The van der Waals surface area contributed by atoms with E-state index in [1.54, 1.807) is 0 Å². The van der Waals surface area contributed by atoms with Gasteiger partial charge >= 0.3 is 5.97 Å². The molecule has 2 rings (SSSR count). The molecule has 1 aromatic carbocycles. The van der Waals surface area contributed by atoms with Gasteiger partial charge in [-0.3, -0.25) is 14.4 Å². The molecule has 0 aliphatic carbocycles. The fraction of sp³-hybridized carbons (Fsp3) is 0.308. The number of hydrogen-bond acceptors (Lipinski definition) is 5. The minimum atomic E-state index is -0.876.